The van der Waals surface area contributed by atoms with E-state index in [1.54, 1.807) is 10.9 Å². The molecule has 0 radical (unpaired) electrons. The van der Waals surface area contributed by atoms with Crippen molar-refractivity contribution >= 4 is 17.6 Å². The second kappa shape index (κ2) is 6.00. The van der Waals surface area contributed by atoms with Gasteiger partial charge in [-0.1, -0.05) is 6.92 Å². The zero-order valence-electron chi connectivity index (χ0n) is 12.8. The van der Waals surface area contributed by atoms with Gasteiger partial charge in [0.1, 0.15) is 0 Å². The molecule has 118 valence electrons. The van der Waals surface area contributed by atoms with Crippen LogP contribution in [0, 0.1) is 0 Å². The molecule has 0 bridgehead atoms. The molecule has 0 aromatic carbocycles. The van der Waals surface area contributed by atoms with Gasteiger partial charge < -0.3 is 10.4 Å². The number of rotatable bonds is 6. The number of aryl methyl sites for hydroxylation is 1. The number of carbonyl (C=O) groups excluding carboxylic acids is 1. The zero-order valence-corrected chi connectivity index (χ0v) is 12.8. The Hall–Kier alpha value is -2.64. The summed E-state index contributed by atoms with van der Waals surface area (Å²) in [5.41, 5.74) is -0.309. The number of amides is 1. The number of carbonyl (C=O) groups is 2. The summed E-state index contributed by atoms with van der Waals surface area (Å²) in [6.07, 6.45) is 7.00. The molecule has 0 aliphatic rings. The molecule has 0 aliphatic carbocycles. The van der Waals surface area contributed by atoms with Gasteiger partial charge in [0.2, 0.25) is 0 Å². The number of carboxylic acids is 1. The Labute approximate surface area is 127 Å². The molecule has 8 heteroatoms. The van der Waals surface area contributed by atoms with Crippen LogP contribution in [0.5, 0.6) is 0 Å². The molecule has 0 saturated heterocycles. The predicted molar refractivity (Wildman–Crippen MR) is 79.7 cm³/mol. The van der Waals surface area contributed by atoms with Gasteiger partial charge in [0, 0.05) is 18.9 Å². The van der Waals surface area contributed by atoms with Crippen molar-refractivity contribution in [1.29, 1.82) is 0 Å². The highest BCUT2D eigenvalue weighted by Gasteiger charge is 2.30. The lowest BCUT2D eigenvalue weighted by molar-refractivity contribution is -0.146. The van der Waals surface area contributed by atoms with Crippen molar-refractivity contribution in [2.45, 2.75) is 39.3 Å². The third kappa shape index (κ3) is 3.16. The van der Waals surface area contributed by atoms with Crippen molar-refractivity contribution in [2.75, 3.05) is 5.32 Å². The molecule has 0 saturated carbocycles. The smallest absolute Gasteiger partial charge is 0.331 e. The normalized spacial score (nSPS) is 11.4. The minimum absolute atomic E-state index is 0.310. The molecular weight excluding hydrogens is 286 g/mol. The summed E-state index contributed by atoms with van der Waals surface area (Å²) in [6.45, 7) is 5.84. The summed E-state index contributed by atoms with van der Waals surface area (Å²) in [5.74, 6) is -1.32. The summed E-state index contributed by atoms with van der Waals surface area (Å²) in [4.78, 5) is 23.3. The molecular formula is C14H19N5O3. The van der Waals surface area contributed by atoms with Crippen LogP contribution in [0.3, 0.4) is 0 Å². The average molecular weight is 305 g/mol. The van der Waals surface area contributed by atoms with Gasteiger partial charge >= 0.3 is 5.97 Å². The standard InChI is InChI=1S/C14H19N5O3/c1-4-5-18-8-10(6-15-18)12(20)17-11-7-16-19(9-11)14(2,3)13(21)22/h6-9H,4-5H2,1-3H3,(H,17,20)(H,21,22). The Kier molecular flexibility index (Phi) is 4.30. The molecule has 0 unspecified atom stereocenters. The second-order valence-electron chi connectivity index (χ2n) is 5.48. The van der Waals surface area contributed by atoms with Crippen LogP contribution in [-0.2, 0) is 16.9 Å². The fraction of sp³-hybridized carbons (Fsp3) is 0.429. The fourth-order valence-corrected chi connectivity index (χ4v) is 1.83. The molecule has 2 aromatic heterocycles. The van der Waals surface area contributed by atoms with Crippen LogP contribution in [-0.4, -0.2) is 36.5 Å². The van der Waals surface area contributed by atoms with Gasteiger partial charge in [-0.15, -0.1) is 0 Å². The first-order valence-electron chi connectivity index (χ1n) is 6.97. The van der Waals surface area contributed by atoms with E-state index in [1.807, 2.05) is 6.92 Å². The quantitative estimate of drug-likeness (QED) is 0.843. The molecule has 2 N–H and O–H groups in total. The number of nitrogens with zero attached hydrogens (tertiary/aromatic N) is 4. The summed E-state index contributed by atoms with van der Waals surface area (Å²) in [5, 5.41) is 19.9. The highest BCUT2D eigenvalue weighted by Crippen LogP contribution is 2.17. The molecule has 0 spiro atoms. The maximum Gasteiger partial charge on any atom is 0.331 e. The van der Waals surface area contributed by atoms with E-state index < -0.39 is 11.5 Å². The van der Waals surface area contributed by atoms with Crippen LogP contribution in [0.1, 0.15) is 37.6 Å². The van der Waals surface area contributed by atoms with E-state index in [9.17, 15) is 9.59 Å². The predicted octanol–water partition coefficient (Wildman–Crippen LogP) is 1.56. The Bertz CT molecular complexity index is 686. The van der Waals surface area contributed by atoms with Crippen LogP contribution in [0.4, 0.5) is 5.69 Å². The van der Waals surface area contributed by atoms with Crippen LogP contribution < -0.4 is 5.32 Å². The highest BCUT2D eigenvalue weighted by atomic mass is 16.4. The number of hydrogen-bond acceptors (Lipinski definition) is 4. The van der Waals surface area contributed by atoms with E-state index in [0.717, 1.165) is 13.0 Å². The summed E-state index contributed by atoms with van der Waals surface area (Å²) >= 11 is 0. The Balaban J connectivity index is 2.09. The number of hydrogen-bond donors (Lipinski definition) is 2. The Morgan fingerprint density at radius 3 is 2.64 bits per heavy atom. The Morgan fingerprint density at radius 1 is 1.27 bits per heavy atom. The van der Waals surface area contributed by atoms with Crippen molar-refractivity contribution in [2.24, 2.45) is 0 Å². The zero-order chi connectivity index (χ0) is 16.3. The number of anilines is 1. The van der Waals surface area contributed by atoms with Gasteiger partial charge in [-0.05, 0) is 20.3 Å². The fourth-order valence-electron chi connectivity index (χ4n) is 1.83. The Morgan fingerprint density at radius 2 is 2.00 bits per heavy atom. The van der Waals surface area contributed by atoms with Crippen LogP contribution in [0.2, 0.25) is 0 Å². The SMILES string of the molecule is CCCn1cc(C(=O)Nc2cnn(C(C)(C)C(=O)O)c2)cn1. The highest BCUT2D eigenvalue weighted by molar-refractivity contribution is 6.03. The van der Waals surface area contributed by atoms with Crippen molar-refractivity contribution in [3.8, 4) is 0 Å². The third-order valence-corrected chi connectivity index (χ3v) is 3.28. The van der Waals surface area contributed by atoms with Gasteiger partial charge in [0.25, 0.3) is 5.91 Å². The molecule has 2 rings (SSSR count). The average Bonchev–Trinajstić information content (AvgIpc) is 3.08. The van der Waals surface area contributed by atoms with E-state index in [4.69, 9.17) is 5.11 Å². The van der Waals surface area contributed by atoms with E-state index in [-0.39, 0.29) is 5.91 Å². The third-order valence-electron chi connectivity index (χ3n) is 3.28. The second-order valence-corrected chi connectivity index (χ2v) is 5.48. The van der Waals surface area contributed by atoms with Crippen molar-refractivity contribution in [3.05, 3.63) is 30.4 Å². The van der Waals surface area contributed by atoms with Gasteiger partial charge in [-0.3, -0.25) is 14.2 Å². The van der Waals surface area contributed by atoms with Crippen molar-refractivity contribution in [3.63, 3.8) is 0 Å². The van der Waals surface area contributed by atoms with E-state index in [1.165, 1.54) is 37.1 Å². The minimum Gasteiger partial charge on any atom is -0.479 e. The maximum absolute atomic E-state index is 12.1. The van der Waals surface area contributed by atoms with Gasteiger partial charge in [-0.25, -0.2) is 4.79 Å². The molecule has 0 aliphatic heterocycles. The summed E-state index contributed by atoms with van der Waals surface area (Å²) in [6, 6.07) is 0. The lowest BCUT2D eigenvalue weighted by Gasteiger charge is -2.19. The van der Waals surface area contributed by atoms with E-state index in [0.29, 0.717) is 11.3 Å². The molecule has 2 heterocycles. The molecule has 2 aromatic rings. The number of nitrogens with one attached hydrogen (secondary N) is 1. The molecule has 22 heavy (non-hydrogen) atoms. The summed E-state index contributed by atoms with van der Waals surface area (Å²) in [7, 11) is 0. The van der Waals surface area contributed by atoms with Crippen LogP contribution >= 0.6 is 0 Å². The van der Waals surface area contributed by atoms with Gasteiger partial charge in [-0.2, -0.15) is 10.2 Å². The number of aromatic nitrogens is 4. The van der Waals surface area contributed by atoms with E-state index >= 15 is 0 Å². The van der Waals surface area contributed by atoms with Crippen LogP contribution in [0.25, 0.3) is 0 Å². The largest absolute Gasteiger partial charge is 0.479 e. The minimum atomic E-state index is -1.19. The molecule has 8 nitrogen and oxygen atoms in total. The topological polar surface area (TPSA) is 102 Å². The van der Waals surface area contributed by atoms with Crippen molar-refractivity contribution < 1.29 is 14.7 Å². The van der Waals surface area contributed by atoms with Crippen LogP contribution in [0.15, 0.2) is 24.8 Å². The summed E-state index contributed by atoms with van der Waals surface area (Å²) < 4.78 is 3.00. The first kappa shape index (κ1) is 15.7. The lowest BCUT2D eigenvalue weighted by atomic mass is 10.1. The molecule has 0 atom stereocenters. The number of carboxylic acid groups (broad SMARTS) is 1. The monoisotopic (exact) mass is 305 g/mol. The lowest BCUT2D eigenvalue weighted by Crippen LogP contribution is -2.35. The van der Waals surface area contributed by atoms with Gasteiger partial charge in [0.15, 0.2) is 5.54 Å². The molecule has 1 amide bonds. The maximum atomic E-state index is 12.1. The molecule has 0 fully saturated rings. The first-order chi connectivity index (χ1) is 10.3. The van der Waals surface area contributed by atoms with Crippen molar-refractivity contribution in [1.82, 2.24) is 19.6 Å². The number of aliphatic carboxylic acids is 1. The van der Waals surface area contributed by atoms with E-state index in [2.05, 4.69) is 15.5 Å². The van der Waals surface area contributed by atoms with Gasteiger partial charge in [0.05, 0.1) is 23.6 Å². The first-order valence-corrected chi connectivity index (χ1v) is 6.97.